The lowest BCUT2D eigenvalue weighted by Gasteiger charge is -2.00. The lowest BCUT2D eigenvalue weighted by atomic mass is 10.2. The van der Waals surface area contributed by atoms with E-state index in [1.165, 1.54) is 12.8 Å². The van der Waals surface area contributed by atoms with Crippen LogP contribution in [0.25, 0.3) is 0 Å². The van der Waals surface area contributed by atoms with Gasteiger partial charge >= 0.3 is 0 Å². The lowest BCUT2D eigenvalue weighted by molar-refractivity contribution is 0.102. The normalized spacial score (nSPS) is 10.1. The van der Waals surface area contributed by atoms with Crippen LogP contribution in [0.3, 0.4) is 0 Å². The molecule has 0 aliphatic heterocycles. The molecule has 1 aromatic rings. The molecule has 0 aromatic heterocycles. The van der Waals surface area contributed by atoms with E-state index >= 15 is 0 Å². The Morgan fingerprint density at radius 2 is 2.00 bits per heavy atom. The first kappa shape index (κ1) is 11.3. The Morgan fingerprint density at radius 3 is 2.64 bits per heavy atom. The van der Waals surface area contributed by atoms with E-state index in [1.807, 2.05) is 30.3 Å². The van der Waals surface area contributed by atoms with Crippen molar-refractivity contribution in [2.75, 3.05) is 11.5 Å². The molecule has 1 rings (SSSR count). The first-order chi connectivity index (χ1) is 6.84. The topological polar surface area (TPSA) is 17.1 Å². The highest BCUT2D eigenvalue weighted by atomic mass is 32.2. The molecule has 0 N–H and O–H groups in total. The predicted molar refractivity (Wildman–Crippen MR) is 63.0 cm³/mol. The molecule has 0 radical (unpaired) electrons. The quantitative estimate of drug-likeness (QED) is 0.526. The molecule has 1 aromatic carbocycles. The van der Waals surface area contributed by atoms with Gasteiger partial charge < -0.3 is 0 Å². The molecule has 1 nitrogen and oxygen atoms in total. The first-order valence-electron chi connectivity index (χ1n) is 5.00. The number of hydrogen-bond acceptors (Lipinski definition) is 2. The maximum absolute atomic E-state index is 11.6. The third-order valence-corrected chi connectivity index (χ3v) is 3.01. The van der Waals surface area contributed by atoms with Crippen molar-refractivity contribution in [2.24, 2.45) is 0 Å². The molecule has 76 valence electrons. The number of ketones is 1. The minimum absolute atomic E-state index is 0.242. The van der Waals surface area contributed by atoms with E-state index in [2.05, 4.69) is 6.92 Å². The van der Waals surface area contributed by atoms with Crippen molar-refractivity contribution >= 4 is 17.5 Å². The second kappa shape index (κ2) is 6.66. The second-order valence-electron chi connectivity index (χ2n) is 3.20. The summed E-state index contributed by atoms with van der Waals surface area (Å²) in [6.07, 6.45) is 2.40. The number of hydrogen-bond donors (Lipinski definition) is 0. The molecule has 14 heavy (non-hydrogen) atoms. The fraction of sp³-hybridized carbons (Fsp3) is 0.417. The lowest BCUT2D eigenvalue weighted by Crippen LogP contribution is -2.02. The molecule has 2 heteroatoms. The van der Waals surface area contributed by atoms with Crippen LogP contribution in [0.15, 0.2) is 30.3 Å². The largest absolute Gasteiger partial charge is 0.293 e. The van der Waals surface area contributed by atoms with Crippen LogP contribution in [-0.2, 0) is 0 Å². The zero-order chi connectivity index (χ0) is 10.2. The monoisotopic (exact) mass is 208 g/mol. The minimum atomic E-state index is 0.242. The van der Waals surface area contributed by atoms with Crippen LogP contribution in [0, 0.1) is 0 Å². The van der Waals surface area contributed by atoms with Gasteiger partial charge in [0.2, 0.25) is 0 Å². The van der Waals surface area contributed by atoms with Crippen molar-refractivity contribution in [3.05, 3.63) is 35.9 Å². The third kappa shape index (κ3) is 3.97. The molecule has 0 aliphatic carbocycles. The van der Waals surface area contributed by atoms with Crippen molar-refractivity contribution < 1.29 is 4.79 Å². The van der Waals surface area contributed by atoms with E-state index in [-0.39, 0.29) is 5.78 Å². The van der Waals surface area contributed by atoms with E-state index in [1.54, 1.807) is 11.8 Å². The summed E-state index contributed by atoms with van der Waals surface area (Å²) in [7, 11) is 0. The van der Waals surface area contributed by atoms with Gasteiger partial charge in [0.1, 0.15) is 0 Å². The maximum Gasteiger partial charge on any atom is 0.172 e. The Morgan fingerprint density at radius 1 is 1.29 bits per heavy atom. The minimum Gasteiger partial charge on any atom is -0.293 e. The number of benzene rings is 1. The molecule has 0 amide bonds. The van der Waals surface area contributed by atoms with Crippen LogP contribution < -0.4 is 0 Å². The number of thioether (sulfide) groups is 1. The van der Waals surface area contributed by atoms with Crippen LogP contribution in [-0.4, -0.2) is 17.3 Å². The van der Waals surface area contributed by atoms with Crippen LogP contribution in [0.2, 0.25) is 0 Å². The van der Waals surface area contributed by atoms with Crippen LogP contribution in [0.5, 0.6) is 0 Å². The fourth-order valence-electron chi connectivity index (χ4n) is 1.12. The standard InChI is InChI=1S/C12H16OS/c1-2-3-9-14-10-12(13)11-7-5-4-6-8-11/h4-8H,2-3,9-10H2,1H3. The number of unbranched alkanes of at least 4 members (excludes halogenated alkanes) is 1. The predicted octanol–water partition coefficient (Wildman–Crippen LogP) is 3.40. The highest BCUT2D eigenvalue weighted by molar-refractivity contribution is 7.99. The van der Waals surface area contributed by atoms with Crippen molar-refractivity contribution in [1.82, 2.24) is 0 Å². The van der Waals surface area contributed by atoms with Gasteiger partial charge in [-0.2, -0.15) is 11.8 Å². The molecule has 0 atom stereocenters. The third-order valence-electron chi connectivity index (χ3n) is 1.97. The van der Waals surface area contributed by atoms with Gasteiger partial charge in [-0.25, -0.2) is 0 Å². The van der Waals surface area contributed by atoms with Crippen LogP contribution in [0.4, 0.5) is 0 Å². The Bertz CT molecular complexity index is 269. The molecule has 0 aliphatic rings. The molecular formula is C12H16OS. The summed E-state index contributed by atoms with van der Waals surface area (Å²) in [6, 6.07) is 9.50. The second-order valence-corrected chi connectivity index (χ2v) is 4.30. The van der Waals surface area contributed by atoms with E-state index < -0.39 is 0 Å². The van der Waals surface area contributed by atoms with E-state index in [4.69, 9.17) is 0 Å². The number of rotatable bonds is 6. The summed E-state index contributed by atoms with van der Waals surface area (Å²) in [5, 5.41) is 0. The highest BCUT2D eigenvalue weighted by Crippen LogP contribution is 2.08. The molecule has 0 saturated carbocycles. The Balaban J connectivity index is 2.29. The molecule has 0 spiro atoms. The SMILES string of the molecule is CCCCSCC(=O)c1ccccc1. The van der Waals surface area contributed by atoms with Gasteiger partial charge in [-0.05, 0) is 12.2 Å². The van der Waals surface area contributed by atoms with Gasteiger partial charge in [0.05, 0.1) is 5.75 Å². The van der Waals surface area contributed by atoms with E-state index in [9.17, 15) is 4.79 Å². The van der Waals surface area contributed by atoms with Crippen LogP contribution in [0.1, 0.15) is 30.1 Å². The average Bonchev–Trinajstić information content (AvgIpc) is 2.25. The summed E-state index contributed by atoms with van der Waals surface area (Å²) in [4.78, 5) is 11.6. The van der Waals surface area contributed by atoms with Crippen molar-refractivity contribution in [3.8, 4) is 0 Å². The Hall–Kier alpha value is -0.760. The highest BCUT2D eigenvalue weighted by Gasteiger charge is 2.03. The fourth-order valence-corrected chi connectivity index (χ4v) is 2.11. The number of Topliss-reactive ketones (excluding diaryl/α,β-unsaturated/α-hetero) is 1. The van der Waals surface area contributed by atoms with Crippen molar-refractivity contribution in [1.29, 1.82) is 0 Å². The summed E-state index contributed by atoms with van der Waals surface area (Å²) in [6.45, 7) is 2.17. The summed E-state index contributed by atoms with van der Waals surface area (Å²) < 4.78 is 0. The average molecular weight is 208 g/mol. The van der Waals surface area contributed by atoms with E-state index in [0.29, 0.717) is 5.75 Å². The van der Waals surface area contributed by atoms with Gasteiger partial charge in [0.15, 0.2) is 5.78 Å². The van der Waals surface area contributed by atoms with Gasteiger partial charge in [0, 0.05) is 5.56 Å². The van der Waals surface area contributed by atoms with Crippen molar-refractivity contribution in [3.63, 3.8) is 0 Å². The summed E-state index contributed by atoms with van der Waals surface area (Å²) in [5.74, 6) is 1.95. The molecule has 0 saturated heterocycles. The van der Waals surface area contributed by atoms with Crippen LogP contribution >= 0.6 is 11.8 Å². The molecule has 0 heterocycles. The first-order valence-corrected chi connectivity index (χ1v) is 6.16. The zero-order valence-corrected chi connectivity index (χ0v) is 9.35. The zero-order valence-electron chi connectivity index (χ0n) is 8.53. The van der Waals surface area contributed by atoms with Gasteiger partial charge in [-0.3, -0.25) is 4.79 Å². The summed E-state index contributed by atoms with van der Waals surface area (Å²) >= 11 is 1.73. The summed E-state index contributed by atoms with van der Waals surface area (Å²) in [5.41, 5.74) is 0.830. The van der Waals surface area contributed by atoms with E-state index in [0.717, 1.165) is 11.3 Å². The van der Waals surface area contributed by atoms with Crippen molar-refractivity contribution in [2.45, 2.75) is 19.8 Å². The maximum atomic E-state index is 11.6. The molecule has 0 unspecified atom stereocenters. The molecule has 0 fully saturated rings. The number of carbonyl (C=O) groups excluding carboxylic acids is 1. The number of carbonyl (C=O) groups is 1. The smallest absolute Gasteiger partial charge is 0.172 e. The Labute approximate surface area is 89.9 Å². The Kier molecular flexibility index (Phi) is 5.38. The van der Waals surface area contributed by atoms with Gasteiger partial charge in [0.25, 0.3) is 0 Å². The van der Waals surface area contributed by atoms with Gasteiger partial charge in [-0.15, -0.1) is 0 Å². The molecule has 0 bridgehead atoms. The molecular weight excluding hydrogens is 192 g/mol. The van der Waals surface area contributed by atoms with Gasteiger partial charge in [-0.1, -0.05) is 43.7 Å².